The molecule has 2 rings (SSSR count). The van der Waals surface area contributed by atoms with E-state index in [0.29, 0.717) is 0 Å². The van der Waals surface area contributed by atoms with E-state index in [-0.39, 0.29) is 11.8 Å². The molecule has 0 bridgehead atoms. The molecule has 3 heteroatoms. The molecule has 1 fully saturated rings. The van der Waals surface area contributed by atoms with Gasteiger partial charge >= 0.3 is 0 Å². The van der Waals surface area contributed by atoms with Crippen LogP contribution in [0.3, 0.4) is 0 Å². The zero-order valence-electron chi connectivity index (χ0n) is 8.12. The quantitative estimate of drug-likeness (QED) is 0.772. The molecule has 74 valence electrons. The summed E-state index contributed by atoms with van der Waals surface area (Å²) in [5, 5.41) is 2.91. The second-order valence-corrected chi connectivity index (χ2v) is 4.37. The third kappa shape index (κ3) is 2.29. The summed E-state index contributed by atoms with van der Waals surface area (Å²) in [6, 6.07) is 7.94. The van der Waals surface area contributed by atoms with E-state index < -0.39 is 0 Å². The number of carbonyl (C=O) groups excluding carboxylic acids is 1. The van der Waals surface area contributed by atoms with E-state index in [0.717, 1.165) is 18.5 Å². The van der Waals surface area contributed by atoms with Crippen molar-refractivity contribution in [2.45, 2.75) is 17.7 Å². The average molecular weight is 207 g/mol. The van der Waals surface area contributed by atoms with E-state index in [1.807, 2.05) is 30.5 Å². The van der Waals surface area contributed by atoms with Gasteiger partial charge in [-0.15, -0.1) is 11.8 Å². The smallest absolute Gasteiger partial charge is 0.227 e. The molecule has 1 aromatic rings. The maximum absolute atomic E-state index is 11.4. The summed E-state index contributed by atoms with van der Waals surface area (Å²) in [6.45, 7) is 0. The molecule has 2 nitrogen and oxygen atoms in total. The van der Waals surface area contributed by atoms with Gasteiger partial charge in [-0.05, 0) is 43.4 Å². The lowest BCUT2D eigenvalue weighted by Gasteiger charge is -2.04. The fourth-order valence-corrected chi connectivity index (χ4v) is 1.67. The van der Waals surface area contributed by atoms with Crippen LogP contribution in [0.2, 0.25) is 0 Å². The number of thioether (sulfide) groups is 1. The van der Waals surface area contributed by atoms with Crippen LogP contribution >= 0.6 is 11.8 Å². The number of nitrogens with one attached hydrogen (secondary N) is 1. The lowest BCUT2D eigenvalue weighted by atomic mass is 10.3. The number of hydrogen-bond acceptors (Lipinski definition) is 2. The first-order valence-corrected chi connectivity index (χ1v) is 5.97. The van der Waals surface area contributed by atoms with Crippen LogP contribution in [0, 0.1) is 5.92 Å². The van der Waals surface area contributed by atoms with Gasteiger partial charge in [0.05, 0.1) is 0 Å². The molecule has 1 aliphatic rings. The summed E-state index contributed by atoms with van der Waals surface area (Å²) in [7, 11) is 0. The van der Waals surface area contributed by atoms with Crippen molar-refractivity contribution in [3.8, 4) is 0 Å². The summed E-state index contributed by atoms with van der Waals surface area (Å²) in [4.78, 5) is 12.6. The highest BCUT2D eigenvalue weighted by Crippen LogP contribution is 2.30. The highest BCUT2D eigenvalue weighted by Gasteiger charge is 2.29. The first-order chi connectivity index (χ1) is 6.79. The number of amides is 1. The summed E-state index contributed by atoms with van der Waals surface area (Å²) in [5.74, 6) is 0.442. The van der Waals surface area contributed by atoms with Gasteiger partial charge in [0.1, 0.15) is 0 Å². The first-order valence-electron chi connectivity index (χ1n) is 4.74. The van der Waals surface area contributed by atoms with Crippen LogP contribution in [0.5, 0.6) is 0 Å². The summed E-state index contributed by atoms with van der Waals surface area (Å²) in [6.07, 6.45) is 4.14. The number of carbonyl (C=O) groups is 1. The molecule has 1 aliphatic carbocycles. The summed E-state index contributed by atoms with van der Waals surface area (Å²) < 4.78 is 0. The van der Waals surface area contributed by atoms with Gasteiger partial charge in [0.15, 0.2) is 0 Å². The Hall–Kier alpha value is -0.960. The molecule has 1 saturated carbocycles. The Morgan fingerprint density at radius 3 is 2.50 bits per heavy atom. The molecular formula is C11H13NOS. The lowest BCUT2D eigenvalue weighted by Crippen LogP contribution is -2.12. The molecule has 0 spiro atoms. The number of rotatable bonds is 3. The van der Waals surface area contributed by atoms with Crippen LogP contribution in [0.25, 0.3) is 0 Å². The highest BCUT2D eigenvalue weighted by atomic mass is 32.2. The van der Waals surface area contributed by atoms with Gasteiger partial charge in [-0.2, -0.15) is 0 Å². The predicted octanol–water partition coefficient (Wildman–Crippen LogP) is 2.76. The standard InChI is InChI=1S/C11H13NOS/c1-14-10-6-4-9(5-7-10)12-11(13)8-2-3-8/h4-8H,2-3H2,1H3,(H,12,13). The Morgan fingerprint density at radius 1 is 1.36 bits per heavy atom. The van der Waals surface area contributed by atoms with Gasteiger partial charge in [-0.1, -0.05) is 0 Å². The average Bonchev–Trinajstić information content (AvgIpc) is 3.02. The molecule has 0 aromatic heterocycles. The van der Waals surface area contributed by atoms with E-state index in [4.69, 9.17) is 0 Å². The van der Waals surface area contributed by atoms with Crippen molar-refractivity contribution in [1.29, 1.82) is 0 Å². The minimum atomic E-state index is 0.168. The Bertz CT molecular complexity index is 330. The van der Waals surface area contributed by atoms with Crippen LogP contribution in [0.4, 0.5) is 5.69 Å². The molecule has 1 aromatic carbocycles. The number of benzene rings is 1. The van der Waals surface area contributed by atoms with E-state index in [1.165, 1.54) is 4.90 Å². The number of anilines is 1. The molecule has 0 radical (unpaired) electrons. The molecule has 0 atom stereocenters. The Balaban J connectivity index is 1.98. The van der Waals surface area contributed by atoms with Gasteiger partial charge in [0.25, 0.3) is 0 Å². The zero-order valence-corrected chi connectivity index (χ0v) is 8.93. The molecule has 14 heavy (non-hydrogen) atoms. The minimum absolute atomic E-state index is 0.168. The highest BCUT2D eigenvalue weighted by molar-refractivity contribution is 7.98. The summed E-state index contributed by atoms with van der Waals surface area (Å²) >= 11 is 1.70. The molecule has 1 N–H and O–H groups in total. The van der Waals surface area contributed by atoms with Gasteiger partial charge in [0.2, 0.25) is 5.91 Å². The summed E-state index contributed by atoms with van der Waals surface area (Å²) in [5.41, 5.74) is 0.903. The van der Waals surface area contributed by atoms with Crippen molar-refractivity contribution < 1.29 is 4.79 Å². The van der Waals surface area contributed by atoms with Crippen LogP contribution in [-0.4, -0.2) is 12.2 Å². The zero-order chi connectivity index (χ0) is 9.97. The third-order valence-electron chi connectivity index (χ3n) is 2.31. The van der Waals surface area contributed by atoms with Gasteiger partial charge < -0.3 is 5.32 Å². The van der Waals surface area contributed by atoms with Crippen LogP contribution in [0.1, 0.15) is 12.8 Å². The second-order valence-electron chi connectivity index (χ2n) is 3.49. The topological polar surface area (TPSA) is 29.1 Å². The van der Waals surface area contributed by atoms with Gasteiger partial charge in [-0.25, -0.2) is 0 Å². The maximum Gasteiger partial charge on any atom is 0.227 e. The van der Waals surface area contributed by atoms with Crippen molar-refractivity contribution in [2.75, 3.05) is 11.6 Å². The van der Waals surface area contributed by atoms with E-state index in [1.54, 1.807) is 11.8 Å². The van der Waals surface area contributed by atoms with Gasteiger partial charge in [0, 0.05) is 16.5 Å². The van der Waals surface area contributed by atoms with Crippen molar-refractivity contribution in [2.24, 2.45) is 5.92 Å². The van der Waals surface area contributed by atoms with E-state index in [2.05, 4.69) is 5.32 Å². The minimum Gasteiger partial charge on any atom is -0.326 e. The van der Waals surface area contributed by atoms with Crippen molar-refractivity contribution in [1.82, 2.24) is 0 Å². The SMILES string of the molecule is CSc1ccc(NC(=O)C2CC2)cc1. The van der Waals surface area contributed by atoms with Crippen LogP contribution in [0.15, 0.2) is 29.2 Å². The van der Waals surface area contributed by atoms with E-state index in [9.17, 15) is 4.79 Å². The second kappa shape index (κ2) is 4.05. The van der Waals surface area contributed by atoms with Crippen molar-refractivity contribution in [3.05, 3.63) is 24.3 Å². The maximum atomic E-state index is 11.4. The molecule has 0 aliphatic heterocycles. The molecule has 0 saturated heterocycles. The monoisotopic (exact) mass is 207 g/mol. The molecule has 0 heterocycles. The van der Waals surface area contributed by atoms with Crippen molar-refractivity contribution >= 4 is 23.4 Å². The fourth-order valence-electron chi connectivity index (χ4n) is 1.26. The molecule has 0 unspecified atom stereocenters. The third-order valence-corrected chi connectivity index (χ3v) is 3.05. The largest absolute Gasteiger partial charge is 0.326 e. The normalized spacial score (nSPS) is 15.2. The molecule has 1 amide bonds. The number of hydrogen-bond donors (Lipinski definition) is 1. The van der Waals surface area contributed by atoms with Crippen LogP contribution in [-0.2, 0) is 4.79 Å². The predicted molar refractivity (Wildman–Crippen MR) is 59.6 cm³/mol. The molecular weight excluding hydrogens is 194 g/mol. The van der Waals surface area contributed by atoms with Crippen LogP contribution < -0.4 is 5.32 Å². The van der Waals surface area contributed by atoms with Gasteiger partial charge in [-0.3, -0.25) is 4.79 Å². The first kappa shape index (κ1) is 9.59. The lowest BCUT2D eigenvalue weighted by molar-refractivity contribution is -0.117. The fraction of sp³-hybridized carbons (Fsp3) is 0.364. The Kier molecular flexibility index (Phi) is 2.77. The Labute approximate surface area is 88.1 Å². The Morgan fingerprint density at radius 2 is 2.00 bits per heavy atom. The van der Waals surface area contributed by atoms with E-state index >= 15 is 0 Å². The van der Waals surface area contributed by atoms with Crippen molar-refractivity contribution in [3.63, 3.8) is 0 Å².